The summed E-state index contributed by atoms with van der Waals surface area (Å²) in [5.74, 6) is -0.0317. The van der Waals surface area contributed by atoms with Gasteiger partial charge in [-0.15, -0.1) is 11.3 Å². The quantitative estimate of drug-likeness (QED) is 0.929. The van der Waals surface area contributed by atoms with Gasteiger partial charge in [-0.25, -0.2) is 4.98 Å². The highest BCUT2D eigenvalue weighted by Gasteiger charge is 2.43. The summed E-state index contributed by atoms with van der Waals surface area (Å²) in [7, 11) is 0. The molecule has 1 unspecified atom stereocenters. The normalized spacial score (nSPS) is 20.1. The highest BCUT2D eigenvalue weighted by atomic mass is 32.1. The average molecular weight is 309 g/mol. The number of hydrogen-bond donors (Lipinski definition) is 1. The van der Waals surface area contributed by atoms with E-state index in [0.717, 1.165) is 9.88 Å². The van der Waals surface area contributed by atoms with E-state index in [1.807, 2.05) is 38.8 Å². The molecule has 2 amide bonds. The lowest BCUT2D eigenvalue weighted by Crippen LogP contribution is -2.56. The van der Waals surface area contributed by atoms with Gasteiger partial charge in [0.1, 0.15) is 10.5 Å². The Kier molecular flexibility index (Phi) is 4.66. The molecule has 0 saturated carbocycles. The molecule has 1 saturated heterocycles. The predicted molar refractivity (Wildman–Crippen MR) is 83.1 cm³/mol. The first kappa shape index (κ1) is 15.9. The van der Waals surface area contributed by atoms with E-state index in [0.29, 0.717) is 25.8 Å². The van der Waals surface area contributed by atoms with Crippen molar-refractivity contribution in [2.45, 2.75) is 58.5 Å². The molecule has 116 valence electrons. The van der Waals surface area contributed by atoms with Crippen molar-refractivity contribution in [3.63, 3.8) is 0 Å². The zero-order valence-electron chi connectivity index (χ0n) is 13.1. The van der Waals surface area contributed by atoms with Gasteiger partial charge in [0.25, 0.3) is 0 Å². The van der Waals surface area contributed by atoms with E-state index in [1.165, 1.54) is 0 Å². The number of rotatable bonds is 4. The molecule has 1 aromatic heterocycles. The lowest BCUT2D eigenvalue weighted by Gasteiger charge is -2.36. The number of hydrogen-bond acceptors (Lipinski definition) is 4. The van der Waals surface area contributed by atoms with E-state index in [1.54, 1.807) is 11.3 Å². The number of aryl methyl sites for hydroxylation is 1. The maximum absolute atomic E-state index is 13.0. The van der Waals surface area contributed by atoms with Crippen LogP contribution in [0, 0.1) is 6.92 Å². The summed E-state index contributed by atoms with van der Waals surface area (Å²) in [6.07, 6.45) is 3.39. The Labute approximate surface area is 129 Å². The van der Waals surface area contributed by atoms with Crippen molar-refractivity contribution in [3.8, 4) is 0 Å². The monoisotopic (exact) mass is 309 g/mol. The summed E-state index contributed by atoms with van der Waals surface area (Å²) >= 11 is 1.60. The van der Waals surface area contributed by atoms with Crippen LogP contribution in [0.25, 0.3) is 0 Å². The maximum Gasteiger partial charge on any atom is 0.248 e. The Balaban J connectivity index is 2.33. The fourth-order valence-electron chi connectivity index (χ4n) is 2.78. The number of nitrogens with zero attached hydrogens (tertiary/aromatic N) is 2. The smallest absolute Gasteiger partial charge is 0.248 e. The van der Waals surface area contributed by atoms with Crippen LogP contribution in [0.4, 0.5) is 0 Å². The molecule has 5 nitrogen and oxygen atoms in total. The Bertz CT molecular complexity index is 537. The predicted octanol–water partition coefficient (Wildman–Crippen LogP) is 2.42. The molecule has 0 bridgehead atoms. The molecule has 0 aromatic carbocycles. The van der Waals surface area contributed by atoms with Gasteiger partial charge in [-0.1, -0.05) is 13.8 Å². The molecular formula is C15H23N3O2S. The van der Waals surface area contributed by atoms with Crippen LogP contribution in [-0.4, -0.2) is 33.8 Å². The zero-order valence-corrected chi connectivity index (χ0v) is 13.9. The van der Waals surface area contributed by atoms with Crippen LogP contribution in [0.2, 0.25) is 0 Å². The first-order chi connectivity index (χ1) is 9.93. The molecule has 1 aromatic rings. The van der Waals surface area contributed by atoms with Crippen molar-refractivity contribution in [1.29, 1.82) is 0 Å². The van der Waals surface area contributed by atoms with Gasteiger partial charge in [0.2, 0.25) is 11.8 Å². The molecule has 0 radical (unpaired) electrons. The second-order valence-corrected chi connectivity index (χ2v) is 6.84. The largest absolute Gasteiger partial charge is 0.342 e. The number of carbonyl (C=O) groups excluding carboxylic acids is 2. The van der Waals surface area contributed by atoms with Crippen LogP contribution >= 0.6 is 11.3 Å². The third-order valence-electron chi connectivity index (χ3n) is 4.30. The molecular weight excluding hydrogens is 286 g/mol. The van der Waals surface area contributed by atoms with Gasteiger partial charge in [0, 0.05) is 24.0 Å². The summed E-state index contributed by atoms with van der Waals surface area (Å²) in [4.78, 5) is 32.3. The summed E-state index contributed by atoms with van der Waals surface area (Å²) in [6, 6.07) is -0.0959. The van der Waals surface area contributed by atoms with Gasteiger partial charge in [0.15, 0.2) is 0 Å². The minimum absolute atomic E-state index is 0.0127. The first-order valence-corrected chi connectivity index (χ1v) is 8.29. The highest BCUT2D eigenvalue weighted by molar-refractivity contribution is 7.11. The molecule has 1 aliphatic rings. The average Bonchev–Trinajstić information content (AvgIpc) is 2.85. The minimum Gasteiger partial charge on any atom is -0.342 e. The van der Waals surface area contributed by atoms with Crippen molar-refractivity contribution >= 4 is 23.2 Å². The number of aromatic nitrogens is 1. The van der Waals surface area contributed by atoms with E-state index < -0.39 is 5.54 Å². The molecule has 1 aliphatic heterocycles. The number of thiazole rings is 1. The van der Waals surface area contributed by atoms with Crippen LogP contribution in [-0.2, 0) is 9.59 Å². The Morgan fingerprint density at radius 3 is 2.62 bits per heavy atom. The van der Waals surface area contributed by atoms with Crippen LogP contribution in [0.1, 0.15) is 56.0 Å². The van der Waals surface area contributed by atoms with Crippen LogP contribution < -0.4 is 5.32 Å². The second kappa shape index (κ2) is 6.13. The number of carbonyl (C=O) groups is 2. The summed E-state index contributed by atoms with van der Waals surface area (Å²) in [5.41, 5.74) is -0.770. The highest BCUT2D eigenvalue weighted by Crippen LogP contribution is 2.30. The van der Waals surface area contributed by atoms with Gasteiger partial charge in [0.05, 0.1) is 6.04 Å². The van der Waals surface area contributed by atoms with Crippen LogP contribution in [0.3, 0.4) is 0 Å². The van der Waals surface area contributed by atoms with Crippen LogP contribution in [0.15, 0.2) is 6.20 Å². The minimum atomic E-state index is -0.770. The van der Waals surface area contributed by atoms with Crippen LogP contribution in [0.5, 0.6) is 0 Å². The topological polar surface area (TPSA) is 62.3 Å². The van der Waals surface area contributed by atoms with Gasteiger partial charge < -0.3 is 10.2 Å². The van der Waals surface area contributed by atoms with Crippen molar-refractivity contribution in [2.24, 2.45) is 0 Å². The molecule has 2 rings (SSSR count). The summed E-state index contributed by atoms with van der Waals surface area (Å²) in [5, 5.41) is 3.86. The molecule has 0 aliphatic carbocycles. The van der Waals surface area contributed by atoms with Crippen molar-refractivity contribution in [1.82, 2.24) is 15.2 Å². The van der Waals surface area contributed by atoms with E-state index >= 15 is 0 Å². The van der Waals surface area contributed by atoms with E-state index in [-0.39, 0.29) is 17.9 Å². The summed E-state index contributed by atoms with van der Waals surface area (Å²) in [6.45, 7) is 8.34. The number of nitrogens with one attached hydrogen (secondary N) is 1. The van der Waals surface area contributed by atoms with E-state index in [9.17, 15) is 9.59 Å². The molecule has 1 N–H and O–H groups in total. The fraction of sp³-hybridized carbons (Fsp3) is 0.667. The van der Waals surface area contributed by atoms with Gasteiger partial charge in [-0.3, -0.25) is 9.59 Å². The third-order valence-corrected chi connectivity index (χ3v) is 5.38. The zero-order chi connectivity index (χ0) is 15.6. The van der Waals surface area contributed by atoms with Crippen molar-refractivity contribution in [3.05, 3.63) is 16.1 Å². The van der Waals surface area contributed by atoms with Gasteiger partial charge in [-0.2, -0.15) is 0 Å². The van der Waals surface area contributed by atoms with Crippen molar-refractivity contribution in [2.75, 3.05) is 6.54 Å². The molecule has 1 fully saturated rings. The lowest BCUT2D eigenvalue weighted by atomic mass is 9.91. The fourth-order valence-corrected chi connectivity index (χ4v) is 3.62. The SMILES string of the molecule is CCC1(CC)NC(=O)CCN(C(C)c2ncc(C)s2)C1=O. The van der Waals surface area contributed by atoms with E-state index in [4.69, 9.17) is 0 Å². The Morgan fingerprint density at radius 2 is 2.10 bits per heavy atom. The first-order valence-electron chi connectivity index (χ1n) is 7.48. The molecule has 6 heteroatoms. The molecule has 2 heterocycles. The molecule has 0 spiro atoms. The maximum atomic E-state index is 13.0. The third kappa shape index (κ3) is 2.95. The Hall–Kier alpha value is -1.43. The summed E-state index contributed by atoms with van der Waals surface area (Å²) < 4.78 is 0. The molecule has 21 heavy (non-hydrogen) atoms. The second-order valence-electron chi connectivity index (χ2n) is 5.57. The standard InChI is InChI=1S/C15H23N3O2S/c1-5-15(6-2)14(20)18(8-7-12(19)17-15)11(4)13-16-9-10(3)21-13/h9,11H,5-8H2,1-4H3,(H,17,19). The van der Waals surface area contributed by atoms with Crippen molar-refractivity contribution < 1.29 is 9.59 Å². The Morgan fingerprint density at radius 1 is 1.43 bits per heavy atom. The number of amides is 2. The lowest BCUT2D eigenvalue weighted by molar-refractivity contribution is -0.141. The van der Waals surface area contributed by atoms with Gasteiger partial charge in [-0.05, 0) is 26.7 Å². The van der Waals surface area contributed by atoms with Gasteiger partial charge >= 0.3 is 0 Å². The van der Waals surface area contributed by atoms with E-state index in [2.05, 4.69) is 10.3 Å². The molecule has 1 atom stereocenters.